The molecule has 3 heterocycles. The van der Waals surface area contributed by atoms with E-state index >= 15 is 0 Å². The number of pyridine rings is 1. The molecule has 0 saturated carbocycles. The number of halogens is 2. The fourth-order valence-corrected chi connectivity index (χ4v) is 3.59. The van der Waals surface area contributed by atoms with Crippen LogP contribution in [0, 0.1) is 11.6 Å². The van der Waals surface area contributed by atoms with Crippen LogP contribution in [0.1, 0.15) is 50.8 Å². The van der Waals surface area contributed by atoms with Crippen molar-refractivity contribution in [3.63, 3.8) is 0 Å². The average Bonchev–Trinajstić information content (AvgIpc) is 2.85. The zero-order valence-electron chi connectivity index (χ0n) is 20.5. The van der Waals surface area contributed by atoms with Gasteiger partial charge in [-0.15, -0.1) is 0 Å². The first-order valence-corrected chi connectivity index (χ1v) is 11.8. The van der Waals surface area contributed by atoms with Gasteiger partial charge >= 0.3 is 6.09 Å². The van der Waals surface area contributed by atoms with Gasteiger partial charge in [-0.05, 0) is 77.0 Å². The lowest BCUT2D eigenvalue weighted by atomic mass is 9.94. The van der Waals surface area contributed by atoms with Gasteiger partial charge in [0, 0.05) is 36.0 Å². The van der Waals surface area contributed by atoms with Gasteiger partial charge in [-0.2, -0.15) is 0 Å². The van der Waals surface area contributed by atoms with Crippen LogP contribution in [-0.2, 0) is 11.3 Å². The largest absolute Gasteiger partial charge is 0.473 e. The lowest BCUT2D eigenvalue weighted by molar-refractivity contribution is 0.0350. The van der Waals surface area contributed by atoms with Crippen LogP contribution in [-0.4, -0.2) is 41.2 Å². The van der Waals surface area contributed by atoms with Gasteiger partial charge in [-0.25, -0.2) is 18.6 Å². The third-order valence-corrected chi connectivity index (χ3v) is 5.33. The minimum atomic E-state index is -0.476. The second-order valence-corrected chi connectivity index (χ2v) is 9.35. The van der Waals surface area contributed by atoms with Crippen molar-refractivity contribution >= 4 is 6.09 Å². The van der Waals surface area contributed by atoms with Crippen molar-refractivity contribution in [1.82, 2.24) is 15.2 Å². The highest BCUT2D eigenvalue weighted by atomic mass is 19.1. The standard InChI is InChI=1S/C17H18F2N2O.C10H15NO2/c18-14-4-5-15(19)13(10-14)11-22-17-3-1-2-16(21-17)12-6-8-20-9-7-12;1-10(2,3)13-9(12)11-7-5-4-6-8-11/h1-5,10,12,20H,6-9,11H2;4-7H,8H2,1-3H3. The second kappa shape index (κ2) is 12.4. The average molecular weight is 486 g/mol. The SMILES string of the molecule is CC(C)(C)OC(=O)N1C=CC=CC1.Fc1ccc(F)c(COc2cccc(C3CCNCC3)n2)c1. The Bertz CT molecular complexity index is 1040. The zero-order chi connectivity index (χ0) is 25.3. The highest BCUT2D eigenvalue weighted by Gasteiger charge is 2.20. The summed E-state index contributed by atoms with van der Waals surface area (Å²) >= 11 is 0. The van der Waals surface area contributed by atoms with Crippen LogP contribution in [0.15, 0.2) is 60.8 Å². The predicted octanol–water partition coefficient (Wildman–Crippen LogP) is 5.71. The van der Waals surface area contributed by atoms with Gasteiger partial charge in [-0.1, -0.05) is 18.2 Å². The molecular formula is C27H33F2N3O3. The van der Waals surface area contributed by atoms with Crippen LogP contribution in [0.2, 0.25) is 0 Å². The van der Waals surface area contributed by atoms with Gasteiger partial charge < -0.3 is 14.8 Å². The van der Waals surface area contributed by atoms with E-state index in [-0.39, 0.29) is 18.3 Å². The molecule has 0 radical (unpaired) electrons. The number of allylic oxidation sites excluding steroid dienone is 2. The summed E-state index contributed by atoms with van der Waals surface area (Å²) in [7, 11) is 0. The van der Waals surface area contributed by atoms with Crippen molar-refractivity contribution in [2.75, 3.05) is 19.6 Å². The summed E-state index contributed by atoms with van der Waals surface area (Å²) in [5.74, 6) is -0.0808. The molecule has 2 aliphatic heterocycles. The van der Waals surface area contributed by atoms with Crippen molar-refractivity contribution in [1.29, 1.82) is 0 Å². The molecule has 0 bridgehead atoms. The maximum atomic E-state index is 13.6. The number of hydrogen-bond acceptors (Lipinski definition) is 5. The quantitative estimate of drug-likeness (QED) is 0.601. The zero-order valence-corrected chi connectivity index (χ0v) is 20.5. The summed E-state index contributed by atoms with van der Waals surface area (Å²) in [6, 6.07) is 8.96. The Labute approximate surface area is 205 Å². The van der Waals surface area contributed by atoms with E-state index in [1.807, 2.05) is 51.1 Å². The van der Waals surface area contributed by atoms with E-state index in [2.05, 4.69) is 10.3 Å². The first kappa shape index (κ1) is 26.3. The Morgan fingerprint density at radius 3 is 2.60 bits per heavy atom. The Hall–Kier alpha value is -3.26. The summed E-state index contributed by atoms with van der Waals surface area (Å²) in [4.78, 5) is 17.5. The molecule has 2 aliphatic rings. The number of benzene rings is 1. The van der Waals surface area contributed by atoms with Crippen LogP contribution < -0.4 is 10.1 Å². The van der Waals surface area contributed by atoms with E-state index < -0.39 is 17.2 Å². The molecule has 188 valence electrons. The third-order valence-electron chi connectivity index (χ3n) is 5.33. The van der Waals surface area contributed by atoms with E-state index in [9.17, 15) is 13.6 Å². The molecule has 1 aromatic heterocycles. The summed E-state index contributed by atoms with van der Waals surface area (Å²) in [6.07, 6.45) is 9.14. The van der Waals surface area contributed by atoms with E-state index in [4.69, 9.17) is 9.47 Å². The molecule has 1 N–H and O–H groups in total. The number of piperidine rings is 1. The van der Waals surface area contributed by atoms with Crippen molar-refractivity contribution in [3.05, 3.63) is 83.7 Å². The molecule has 35 heavy (non-hydrogen) atoms. The van der Waals surface area contributed by atoms with Gasteiger partial charge in [0.15, 0.2) is 0 Å². The molecule has 1 amide bonds. The maximum absolute atomic E-state index is 13.6. The number of ether oxygens (including phenoxy) is 2. The Balaban J connectivity index is 0.000000225. The lowest BCUT2D eigenvalue weighted by Crippen LogP contribution is -2.34. The molecule has 1 aromatic carbocycles. The van der Waals surface area contributed by atoms with Crippen LogP contribution in [0.4, 0.5) is 13.6 Å². The predicted molar refractivity (Wildman–Crippen MR) is 131 cm³/mol. The number of aromatic nitrogens is 1. The normalized spacial score (nSPS) is 15.9. The molecular weight excluding hydrogens is 452 g/mol. The number of nitrogens with one attached hydrogen (secondary N) is 1. The van der Waals surface area contributed by atoms with Gasteiger partial charge in [0.25, 0.3) is 0 Å². The summed E-state index contributed by atoms with van der Waals surface area (Å²) in [5, 5.41) is 3.32. The highest BCUT2D eigenvalue weighted by molar-refractivity contribution is 5.70. The van der Waals surface area contributed by atoms with Crippen molar-refractivity contribution < 1.29 is 23.0 Å². The number of hydrogen-bond donors (Lipinski definition) is 1. The van der Waals surface area contributed by atoms with E-state index in [0.29, 0.717) is 18.3 Å². The molecule has 0 aliphatic carbocycles. The summed E-state index contributed by atoms with van der Waals surface area (Å²) in [6.45, 7) is 8.10. The third kappa shape index (κ3) is 8.79. The molecule has 8 heteroatoms. The summed E-state index contributed by atoms with van der Waals surface area (Å²) in [5.41, 5.74) is 0.763. The smallest absolute Gasteiger partial charge is 0.414 e. The first-order chi connectivity index (χ1) is 16.7. The molecule has 6 nitrogen and oxygen atoms in total. The Kier molecular flexibility index (Phi) is 9.37. The van der Waals surface area contributed by atoms with E-state index in [1.165, 1.54) is 4.90 Å². The molecule has 2 aromatic rings. The summed E-state index contributed by atoms with van der Waals surface area (Å²) < 4.78 is 37.4. The number of nitrogens with zero attached hydrogens (tertiary/aromatic N) is 2. The minimum absolute atomic E-state index is 0.0354. The van der Waals surface area contributed by atoms with Crippen LogP contribution in [0.5, 0.6) is 5.88 Å². The van der Waals surface area contributed by atoms with Crippen molar-refractivity contribution in [2.45, 2.75) is 51.7 Å². The number of amides is 1. The minimum Gasteiger partial charge on any atom is -0.473 e. The fourth-order valence-electron chi connectivity index (χ4n) is 3.59. The first-order valence-electron chi connectivity index (χ1n) is 11.8. The fraction of sp³-hybridized carbons (Fsp3) is 0.407. The second-order valence-electron chi connectivity index (χ2n) is 9.35. The highest BCUT2D eigenvalue weighted by Crippen LogP contribution is 2.25. The number of carbonyl (C=O) groups excluding carboxylic acids is 1. The molecule has 0 spiro atoms. The monoisotopic (exact) mass is 485 g/mol. The molecule has 4 rings (SSSR count). The van der Waals surface area contributed by atoms with E-state index in [1.54, 1.807) is 12.3 Å². The number of rotatable bonds is 4. The Morgan fingerprint density at radius 2 is 1.91 bits per heavy atom. The molecule has 1 fully saturated rings. The molecule has 0 unspecified atom stereocenters. The topological polar surface area (TPSA) is 63.7 Å². The van der Waals surface area contributed by atoms with Crippen LogP contribution in [0.25, 0.3) is 0 Å². The van der Waals surface area contributed by atoms with Gasteiger partial charge in [0.2, 0.25) is 5.88 Å². The Morgan fingerprint density at radius 1 is 1.14 bits per heavy atom. The molecule has 0 atom stereocenters. The van der Waals surface area contributed by atoms with Crippen LogP contribution >= 0.6 is 0 Å². The lowest BCUT2D eigenvalue weighted by Gasteiger charge is -2.25. The van der Waals surface area contributed by atoms with Crippen LogP contribution in [0.3, 0.4) is 0 Å². The van der Waals surface area contributed by atoms with Crippen molar-refractivity contribution in [3.8, 4) is 5.88 Å². The van der Waals surface area contributed by atoms with Crippen molar-refractivity contribution in [2.24, 2.45) is 0 Å². The van der Waals surface area contributed by atoms with E-state index in [0.717, 1.165) is 49.8 Å². The maximum Gasteiger partial charge on any atom is 0.414 e. The van der Waals surface area contributed by atoms with Gasteiger partial charge in [0.1, 0.15) is 23.8 Å². The van der Waals surface area contributed by atoms with Gasteiger partial charge in [0.05, 0.1) is 0 Å². The van der Waals surface area contributed by atoms with Gasteiger partial charge in [-0.3, -0.25) is 4.90 Å². The molecule has 1 saturated heterocycles. The number of carbonyl (C=O) groups is 1.